The number of rotatable bonds is 8. The lowest BCUT2D eigenvalue weighted by molar-refractivity contribution is 0.201. The van der Waals surface area contributed by atoms with Crippen LogP contribution in [0.2, 0.25) is 0 Å². The number of allylic oxidation sites excluding steroid dienone is 6. The normalized spacial score (nSPS) is 18.6. The van der Waals surface area contributed by atoms with E-state index in [2.05, 4.69) is 39.8 Å². The molecule has 0 aromatic rings. The lowest BCUT2D eigenvalue weighted by Crippen LogP contribution is -2.15. The molecule has 0 aliphatic heterocycles. The molecule has 1 aliphatic rings. The van der Waals surface area contributed by atoms with Crippen molar-refractivity contribution in [1.29, 1.82) is 0 Å². The molecular formula is C19H32N2O. The molecule has 3 nitrogen and oxygen atoms in total. The predicted octanol–water partition coefficient (Wildman–Crippen LogP) is 4.73. The van der Waals surface area contributed by atoms with E-state index in [1.165, 1.54) is 11.1 Å². The van der Waals surface area contributed by atoms with Crippen LogP contribution < -0.4 is 11.6 Å². The molecule has 4 N–H and O–H groups in total. The van der Waals surface area contributed by atoms with Crippen molar-refractivity contribution in [3.63, 3.8) is 0 Å². The van der Waals surface area contributed by atoms with E-state index in [1.807, 2.05) is 13.0 Å². The van der Waals surface area contributed by atoms with Gasteiger partial charge >= 0.3 is 0 Å². The summed E-state index contributed by atoms with van der Waals surface area (Å²) >= 11 is 0. The van der Waals surface area contributed by atoms with Gasteiger partial charge in [0.1, 0.15) is 5.76 Å². The van der Waals surface area contributed by atoms with E-state index in [-0.39, 0.29) is 0 Å². The van der Waals surface area contributed by atoms with E-state index in [4.69, 9.17) is 16.5 Å². The first-order valence-corrected chi connectivity index (χ1v) is 8.37. The highest BCUT2D eigenvalue weighted by Crippen LogP contribution is 2.41. The molecular weight excluding hydrogens is 272 g/mol. The van der Waals surface area contributed by atoms with Gasteiger partial charge in [-0.1, -0.05) is 44.9 Å². The monoisotopic (exact) mass is 304 g/mol. The van der Waals surface area contributed by atoms with Gasteiger partial charge in [-0.3, -0.25) is 0 Å². The van der Waals surface area contributed by atoms with Crippen molar-refractivity contribution in [2.45, 2.75) is 60.3 Å². The second-order valence-electron chi connectivity index (χ2n) is 6.37. The van der Waals surface area contributed by atoms with Crippen molar-refractivity contribution in [3.8, 4) is 0 Å². The largest absolute Gasteiger partial charge is 0.415 e. The van der Waals surface area contributed by atoms with E-state index in [9.17, 15) is 0 Å². The maximum Gasteiger partial charge on any atom is 0.136 e. The maximum absolute atomic E-state index is 6.43. The van der Waals surface area contributed by atoms with Crippen LogP contribution in [0.4, 0.5) is 0 Å². The van der Waals surface area contributed by atoms with Gasteiger partial charge in [0, 0.05) is 17.2 Å². The summed E-state index contributed by atoms with van der Waals surface area (Å²) in [5, 5.41) is 0. The van der Waals surface area contributed by atoms with Crippen LogP contribution in [0, 0.1) is 11.8 Å². The zero-order chi connectivity index (χ0) is 16.7. The molecule has 0 bridgehead atoms. The molecule has 0 atom stereocenters. The fourth-order valence-electron chi connectivity index (χ4n) is 2.67. The third-order valence-electron chi connectivity index (χ3n) is 3.97. The second kappa shape index (κ2) is 8.84. The highest BCUT2D eigenvalue weighted by Gasteiger charge is 2.32. The molecule has 0 saturated heterocycles. The van der Waals surface area contributed by atoms with Gasteiger partial charge in [-0.25, -0.2) is 0 Å². The van der Waals surface area contributed by atoms with Gasteiger partial charge in [0.05, 0.1) is 0 Å². The van der Waals surface area contributed by atoms with Crippen LogP contribution in [0.15, 0.2) is 46.4 Å². The summed E-state index contributed by atoms with van der Waals surface area (Å²) in [6, 6.07) is 0. The summed E-state index contributed by atoms with van der Waals surface area (Å²) in [6.07, 6.45) is 10.8. The zero-order valence-corrected chi connectivity index (χ0v) is 14.8. The maximum atomic E-state index is 6.43. The summed E-state index contributed by atoms with van der Waals surface area (Å²) in [5.74, 6) is 7.21. The van der Waals surface area contributed by atoms with Crippen molar-refractivity contribution < 1.29 is 4.84 Å². The van der Waals surface area contributed by atoms with E-state index >= 15 is 0 Å². The molecule has 1 saturated carbocycles. The Morgan fingerprint density at radius 3 is 2.36 bits per heavy atom. The molecule has 124 valence electrons. The summed E-state index contributed by atoms with van der Waals surface area (Å²) in [4.78, 5) is 5.25. The Balaban J connectivity index is 3.29. The number of hydrogen-bond donors (Lipinski definition) is 2. The third kappa shape index (κ3) is 5.06. The third-order valence-corrected chi connectivity index (χ3v) is 3.97. The van der Waals surface area contributed by atoms with Gasteiger partial charge in [-0.15, -0.1) is 0 Å². The van der Waals surface area contributed by atoms with Crippen molar-refractivity contribution in [3.05, 3.63) is 46.4 Å². The Hall–Kier alpha value is -1.48. The Morgan fingerprint density at radius 1 is 1.32 bits per heavy atom. The Labute approximate surface area is 135 Å². The van der Waals surface area contributed by atoms with Crippen LogP contribution in [0.5, 0.6) is 0 Å². The molecule has 22 heavy (non-hydrogen) atoms. The molecule has 3 heteroatoms. The molecule has 0 spiro atoms. The zero-order valence-electron chi connectivity index (χ0n) is 14.8. The van der Waals surface area contributed by atoms with E-state index in [1.54, 1.807) is 0 Å². The van der Waals surface area contributed by atoms with E-state index in [0.717, 1.165) is 42.7 Å². The van der Waals surface area contributed by atoms with Crippen molar-refractivity contribution in [2.75, 3.05) is 0 Å². The van der Waals surface area contributed by atoms with Crippen LogP contribution in [0.1, 0.15) is 60.3 Å². The summed E-state index contributed by atoms with van der Waals surface area (Å²) < 4.78 is 0. The number of hydrogen-bond acceptors (Lipinski definition) is 3. The molecule has 1 rings (SSSR count). The van der Waals surface area contributed by atoms with Gasteiger partial charge in [0.15, 0.2) is 0 Å². The quantitative estimate of drug-likeness (QED) is 0.387. The van der Waals surface area contributed by atoms with Crippen LogP contribution in [0.25, 0.3) is 0 Å². The average molecular weight is 304 g/mol. The topological polar surface area (TPSA) is 61.3 Å². The van der Waals surface area contributed by atoms with Gasteiger partial charge in [-0.2, -0.15) is 5.90 Å². The average Bonchev–Trinajstić information content (AvgIpc) is 3.29. The Morgan fingerprint density at radius 2 is 1.95 bits per heavy atom. The minimum Gasteiger partial charge on any atom is -0.415 e. The fraction of sp³-hybridized carbons (Fsp3) is 0.579. The van der Waals surface area contributed by atoms with Crippen molar-refractivity contribution in [1.82, 2.24) is 0 Å². The first-order chi connectivity index (χ1) is 10.5. The first kappa shape index (κ1) is 18.6. The van der Waals surface area contributed by atoms with Crippen LogP contribution in [-0.4, -0.2) is 0 Å². The summed E-state index contributed by atoms with van der Waals surface area (Å²) in [7, 11) is 0. The molecule has 0 unspecified atom stereocenters. The molecule has 0 heterocycles. The van der Waals surface area contributed by atoms with Gasteiger partial charge in [-0.05, 0) is 50.7 Å². The lowest BCUT2D eigenvalue weighted by Gasteiger charge is -2.20. The molecule has 0 aromatic heterocycles. The van der Waals surface area contributed by atoms with Crippen LogP contribution in [-0.2, 0) is 4.84 Å². The van der Waals surface area contributed by atoms with Crippen molar-refractivity contribution in [2.24, 2.45) is 23.5 Å². The standard InChI is InChI=1S/C19H32N2O/c1-6-8-9-14(5)12-17(20)18(16(7-2)13(3)4)19(22-21)15-10-11-15/h7,9,12-13,15H,6,8,10-11,20-21H2,1-5H3/b14-9-,16-7-,17-12-,19-18+. The van der Waals surface area contributed by atoms with Gasteiger partial charge in [0.25, 0.3) is 0 Å². The second-order valence-corrected chi connectivity index (χ2v) is 6.37. The summed E-state index contributed by atoms with van der Waals surface area (Å²) in [6.45, 7) is 10.6. The Bertz CT molecular complexity index is 492. The smallest absolute Gasteiger partial charge is 0.136 e. The first-order valence-electron chi connectivity index (χ1n) is 8.37. The highest BCUT2D eigenvalue weighted by atomic mass is 16.6. The predicted molar refractivity (Wildman–Crippen MR) is 94.6 cm³/mol. The molecule has 1 aliphatic carbocycles. The molecule has 1 fully saturated rings. The van der Waals surface area contributed by atoms with E-state index < -0.39 is 0 Å². The van der Waals surface area contributed by atoms with E-state index in [0.29, 0.717) is 11.8 Å². The fourth-order valence-corrected chi connectivity index (χ4v) is 2.67. The summed E-state index contributed by atoms with van der Waals surface area (Å²) in [5.41, 5.74) is 10.6. The molecule has 0 radical (unpaired) electrons. The molecule has 0 amide bonds. The molecule has 0 aromatic carbocycles. The minimum atomic E-state index is 0.371. The highest BCUT2D eigenvalue weighted by molar-refractivity contribution is 5.50. The van der Waals surface area contributed by atoms with Crippen LogP contribution >= 0.6 is 0 Å². The number of nitrogens with two attached hydrogens (primary N) is 2. The SMILES string of the molecule is C\C=C(C(/C(N)=C/C(C)=C\CCC)=C(\ON)C1CC1)\C(C)C. The Kier molecular flexibility index (Phi) is 7.46. The number of unbranched alkanes of at least 4 members (excludes halogenated alkanes) is 1. The van der Waals surface area contributed by atoms with Gasteiger partial charge in [0.2, 0.25) is 0 Å². The van der Waals surface area contributed by atoms with Gasteiger partial charge < -0.3 is 10.6 Å². The minimum absolute atomic E-state index is 0.371. The van der Waals surface area contributed by atoms with Crippen molar-refractivity contribution >= 4 is 0 Å². The lowest BCUT2D eigenvalue weighted by atomic mass is 9.90. The van der Waals surface area contributed by atoms with Crippen LogP contribution in [0.3, 0.4) is 0 Å².